The first kappa shape index (κ1) is 15.9. The number of carbonyl (C=O) groups is 2. The third-order valence-corrected chi connectivity index (χ3v) is 2.76. The minimum absolute atomic E-state index is 0.254. The Hall–Kier alpha value is -2.11. The Labute approximate surface area is 118 Å². The van der Waals surface area contributed by atoms with Crippen LogP contribution in [0.4, 0.5) is 4.79 Å². The lowest BCUT2D eigenvalue weighted by Gasteiger charge is -2.27. The van der Waals surface area contributed by atoms with Gasteiger partial charge in [0.25, 0.3) is 0 Å². The predicted octanol–water partition coefficient (Wildman–Crippen LogP) is 1.69. The van der Waals surface area contributed by atoms with Gasteiger partial charge in [0.05, 0.1) is 12.2 Å². The SMILES string of the molecule is Cc1cccc(CNC(=O)NC(C(=O)O)C(C)(C)C)n1. The van der Waals surface area contributed by atoms with Gasteiger partial charge in [0, 0.05) is 5.69 Å². The zero-order valence-corrected chi connectivity index (χ0v) is 12.2. The summed E-state index contributed by atoms with van der Waals surface area (Å²) < 4.78 is 0. The van der Waals surface area contributed by atoms with Crippen LogP contribution in [0.2, 0.25) is 0 Å². The van der Waals surface area contributed by atoms with Crippen molar-refractivity contribution in [3.63, 3.8) is 0 Å². The molecule has 0 saturated heterocycles. The maximum absolute atomic E-state index is 11.7. The molecule has 1 unspecified atom stereocenters. The fourth-order valence-electron chi connectivity index (χ4n) is 1.70. The molecule has 1 aromatic rings. The van der Waals surface area contributed by atoms with Crippen molar-refractivity contribution < 1.29 is 14.7 Å². The van der Waals surface area contributed by atoms with Crippen molar-refractivity contribution in [3.8, 4) is 0 Å². The minimum atomic E-state index is -1.05. The normalized spacial score (nSPS) is 12.6. The molecule has 2 amide bonds. The lowest BCUT2D eigenvalue weighted by molar-refractivity contribution is -0.141. The van der Waals surface area contributed by atoms with Gasteiger partial charge in [-0.2, -0.15) is 0 Å². The Bertz CT molecular complexity index is 495. The maximum Gasteiger partial charge on any atom is 0.326 e. The summed E-state index contributed by atoms with van der Waals surface area (Å²) in [7, 11) is 0. The van der Waals surface area contributed by atoms with Crippen LogP contribution >= 0.6 is 0 Å². The van der Waals surface area contributed by atoms with E-state index in [0.717, 1.165) is 11.4 Å². The molecule has 20 heavy (non-hydrogen) atoms. The van der Waals surface area contributed by atoms with Gasteiger partial charge in [0.2, 0.25) is 0 Å². The number of hydrogen-bond donors (Lipinski definition) is 3. The molecule has 0 bridgehead atoms. The van der Waals surface area contributed by atoms with Gasteiger partial charge in [-0.15, -0.1) is 0 Å². The van der Waals surface area contributed by atoms with Gasteiger partial charge < -0.3 is 15.7 Å². The third-order valence-electron chi connectivity index (χ3n) is 2.76. The second-order valence-electron chi connectivity index (χ2n) is 5.73. The van der Waals surface area contributed by atoms with Crippen molar-refractivity contribution >= 4 is 12.0 Å². The number of pyridine rings is 1. The van der Waals surface area contributed by atoms with Crippen molar-refractivity contribution in [1.82, 2.24) is 15.6 Å². The number of aromatic nitrogens is 1. The molecule has 0 fully saturated rings. The van der Waals surface area contributed by atoms with Crippen LogP contribution in [0.1, 0.15) is 32.2 Å². The Morgan fingerprint density at radius 3 is 2.50 bits per heavy atom. The Morgan fingerprint density at radius 2 is 2.00 bits per heavy atom. The number of nitrogens with zero attached hydrogens (tertiary/aromatic N) is 1. The van der Waals surface area contributed by atoms with Gasteiger partial charge in [-0.1, -0.05) is 26.8 Å². The molecule has 0 aliphatic rings. The molecule has 110 valence electrons. The number of aliphatic carboxylic acids is 1. The van der Waals surface area contributed by atoms with Crippen LogP contribution in [0, 0.1) is 12.3 Å². The zero-order valence-electron chi connectivity index (χ0n) is 12.2. The van der Waals surface area contributed by atoms with Gasteiger partial charge in [0.15, 0.2) is 0 Å². The molecule has 1 heterocycles. The molecule has 0 aromatic carbocycles. The van der Waals surface area contributed by atoms with Crippen LogP contribution in [0.3, 0.4) is 0 Å². The molecule has 0 saturated carbocycles. The number of amides is 2. The molecule has 0 aliphatic heterocycles. The van der Waals surface area contributed by atoms with Crippen LogP contribution in [0.25, 0.3) is 0 Å². The summed E-state index contributed by atoms with van der Waals surface area (Å²) in [6.07, 6.45) is 0. The smallest absolute Gasteiger partial charge is 0.326 e. The van der Waals surface area contributed by atoms with Crippen LogP contribution in [-0.2, 0) is 11.3 Å². The number of rotatable bonds is 4. The Kier molecular flexibility index (Phi) is 5.07. The highest BCUT2D eigenvalue weighted by Gasteiger charge is 2.32. The molecule has 0 spiro atoms. The van der Waals surface area contributed by atoms with Crippen LogP contribution in [0.15, 0.2) is 18.2 Å². The standard InChI is InChI=1S/C14H21N3O3/c1-9-6-5-7-10(16-9)8-15-13(20)17-11(12(18)19)14(2,3)4/h5-7,11H,8H2,1-4H3,(H,18,19)(H2,15,17,20). The van der Waals surface area contributed by atoms with E-state index in [-0.39, 0.29) is 6.54 Å². The first-order valence-electron chi connectivity index (χ1n) is 6.40. The van der Waals surface area contributed by atoms with Crippen molar-refractivity contribution in [3.05, 3.63) is 29.6 Å². The van der Waals surface area contributed by atoms with Gasteiger partial charge in [-0.25, -0.2) is 9.59 Å². The monoisotopic (exact) mass is 279 g/mol. The maximum atomic E-state index is 11.7. The van der Waals surface area contributed by atoms with E-state index in [1.807, 2.05) is 19.1 Å². The molecular formula is C14H21N3O3. The van der Waals surface area contributed by atoms with E-state index in [4.69, 9.17) is 5.11 Å². The Balaban J connectivity index is 2.57. The summed E-state index contributed by atoms with van der Waals surface area (Å²) >= 11 is 0. The molecule has 0 aliphatic carbocycles. The summed E-state index contributed by atoms with van der Waals surface area (Å²) in [4.78, 5) is 27.1. The summed E-state index contributed by atoms with van der Waals surface area (Å²) in [5.74, 6) is -1.05. The Morgan fingerprint density at radius 1 is 1.35 bits per heavy atom. The van der Waals surface area contributed by atoms with E-state index in [1.54, 1.807) is 26.8 Å². The van der Waals surface area contributed by atoms with Crippen molar-refractivity contribution in [1.29, 1.82) is 0 Å². The number of carboxylic acid groups (broad SMARTS) is 1. The fourth-order valence-corrected chi connectivity index (χ4v) is 1.70. The van der Waals surface area contributed by atoms with E-state index in [2.05, 4.69) is 15.6 Å². The number of carboxylic acids is 1. The molecular weight excluding hydrogens is 258 g/mol. The number of nitrogens with one attached hydrogen (secondary N) is 2. The second kappa shape index (κ2) is 6.36. The predicted molar refractivity (Wildman–Crippen MR) is 75.2 cm³/mol. The molecule has 1 rings (SSSR count). The first-order valence-corrected chi connectivity index (χ1v) is 6.40. The van der Waals surface area contributed by atoms with Gasteiger partial charge >= 0.3 is 12.0 Å². The summed E-state index contributed by atoms with van der Waals surface area (Å²) in [5, 5.41) is 14.2. The van der Waals surface area contributed by atoms with E-state index in [1.165, 1.54) is 0 Å². The van der Waals surface area contributed by atoms with Crippen LogP contribution in [-0.4, -0.2) is 28.1 Å². The van der Waals surface area contributed by atoms with Gasteiger partial charge in [-0.3, -0.25) is 4.98 Å². The minimum Gasteiger partial charge on any atom is -0.480 e. The van der Waals surface area contributed by atoms with Gasteiger partial charge in [0.1, 0.15) is 6.04 Å². The number of carbonyl (C=O) groups excluding carboxylic acids is 1. The topological polar surface area (TPSA) is 91.3 Å². The summed E-state index contributed by atoms with van der Waals surface area (Å²) in [6.45, 7) is 7.39. The average molecular weight is 279 g/mol. The van der Waals surface area contributed by atoms with Crippen molar-refractivity contribution in [2.24, 2.45) is 5.41 Å². The molecule has 6 nitrogen and oxygen atoms in total. The van der Waals surface area contributed by atoms with E-state index >= 15 is 0 Å². The highest BCUT2D eigenvalue weighted by molar-refractivity contribution is 5.83. The number of urea groups is 1. The van der Waals surface area contributed by atoms with E-state index in [9.17, 15) is 9.59 Å². The van der Waals surface area contributed by atoms with Crippen LogP contribution < -0.4 is 10.6 Å². The summed E-state index contributed by atoms with van der Waals surface area (Å²) in [6, 6.07) is 4.05. The quantitative estimate of drug-likeness (QED) is 0.782. The zero-order chi connectivity index (χ0) is 15.3. The van der Waals surface area contributed by atoms with Gasteiger partial charge in [-0.05, 0) is 24.5 Å². The van der Waals surface area contributed by atoms with Crippen molar-refractivity contribution in [2.75, 3.05) is 0 Å². The highest BCUT2D eigenvalue weighted by atomic mass is 16.4. The molecule has 3 N–H and O–H groups in total. The molecule has 6 heteroatoms. The summed E-state index contributed by atoms with van der Waals surface area (Å²) in [5.41, 5.74) is 1.02. The number of aryl methyl sites for hydroxylation is 1. The lowest BCUT2D eigenvalue weighted by atomic mass is 9.87. The molecule has 1 atom stereocenters. The fraction of sp³-hybridized carbons (Fsp3) is 0.500. The molecule has 0 radical (unpaired) electrons. The largest absolute Gasteiger partial charge is 0.480 e. The highest BCUT2D eigenvalue weighted by Crippen LogP contribution is 2.19. The molecule has 1 aromatic heterocycles. The first-order chi connectivity index (χ1) is 9.20. The van der Waals surface area contributed by atoms with Crippen molar-refractivity contribution in [2.45, 2.75) is 40.3 Å². The van der Waals surface area contributed by atoms with E-state index in [0.29, 0.717) is 0 Å². The third kappa shape index (κ3) is 4.87. The van der Waals surface area contributed by atoms with Crippen LogP contribution in [0.5, 0.6) is 0 Å². The number of hydrogen-bond acceptors (Lipinski definition) is 3. The lowest BCUT2D eigenvalue weighted by Crippen LogP contribution is -2.52. The van der Waals surface area contributed by atoms with E-state index < -0.39 is 23.5 Å². The second-order valence-corrected chi connectivity index (χ2v) is 5.73. The average Bonchev–Trinajstić information content (AvgIpc) is 2.31.